The van der Waals surface area contributed by atoms with Gasteiger partial charge in [0.2, 0.25) is 0 Å². The van der Waals surface area contributed by atoms with Crippen molar-refractivity contribution in [2.75, 3.05) is 12.5 Å². The summed E-state index contributed by atoms with van der Waals surface area (Å²) >= 11 is -0.0580. The van der Waals surface area contributed by atoms with E-state index in [0.717, 1.165) is 5.75 Å². The van der Waals surface area contributed by atoms with Crippen molar-refractivity contribution < 1.29 is 4.18 Å². The Bertz CT molecular complexity index is 286. The largest absolute Gasteiger partial charge is 0.287 e. The fourth-order valence-electron chi connectivity index (χ4n) is 0.777. The van der Waals surface area contributed by atoms with Gasteiger partial charge in [0, 0.05) is 0 Å². The van der Waals surface area contributed by atoms with E-state index >= 15 is 0 Å². The lowest BCUT2D eigenvalue weighted by molar-refractivity contribution is 0.635. The molecule has 12 heavy (non-hydrogen) atoms. The normalized spacial score (nSPS) is 9.50. The van der Waals surface area contributed by atoms with Crippen molar-refractivity contribution in [1.82, 2.24) is 0 Å². The van der Waals surface area contributed by atoms with Crippen LogP contribution in [0.25, 0.3) is 0 Å². The Kier molecular flexibility index (Phi) is 3.01. The molecule has 1 aromatic rings. The molecule has 0 spiro atoms. The Labute approximate surface area is 75.3 Å². The van der Waals surface area contributed by atoms with Crippen molar-refractivity contribution in [3.8, 4) is 11.8 Å². The van der Waals surface area contributed by atoms with Gasteiger partial charge in [-0.1, -0.05) is 0 Å². The monoisotopic (exact) mass is 180 g/mol. The first-order valence-corrected chi connectivity index (χ1v) is 5.45. The van der Waals surface area contributed by atoms with Crippen molar-refractivity contribution in [2.24, 2.45) is 0 Å². The summed E-state index contributed by atoms with van der Waals surface area (Å²) in [6.07, 6.45) is 4.00. The first kappa shape index (κ1) is 8.95. The number of nitrogens with zero attached hydrogens (tertiary/aromatic N) is 1. The van der Waals surface area contributed by atoms with Crippen molar-refractivity contribution >= 4 is 11.2 Å². The highest BCUT2D eigenvalue weighted by Crippen LogP contribution is 2.13. The molecule has 62 valence electrons. The standard InChI is InChI=1S/C9H10NOS/c1-12(2)11-9-5-3-8(7-10)4-6-9/h3-6H,1-2H3/q+1. The number of hydrogen-bond acceptors (Lipinski definition) is 2. The van der Waals surface area contributed by atoms with Crippen LogP contribution in [0.3, 0.4) is 0 Å². The maximum absolute atomic E-state index is 8.52. The summed E-state index contributed by atoms with van der Waals surface area (Å²) in [5, 5.41) is 8.52. The predicted octanol–water partition coefficient (Wildman–Crippen LogP) is 1.73. The van der Waals surface area contributed by atoms with E-state index in [1.165, 1.54) is 0 Å². The van der Waals surface area contributed by atoms with Crippen LogP contribution in [0.15, 0.2) is 24.3 Å². The van der Waals surface area contributed by atoms with E-state index in [4.69, 9.17) is 9.44 Å². The maximum Gasteiger partial charge on any atom is 0.191 e. The third kappa shape index (κ3) is 2.48. The maximum atomic E-state index is 8.52. The molecule has 0 saturated heterocycles. The summed E-state index contributed by atoms with van der Waals surface area (Å²) in [4.78, 5) is 0. The van der Waals surface area contributed by atoms with Crippen molar-refractivity contribution in [2.45, 2.75) is 0 Å². The summed E-state index contributed by atoms with van der Waals surface area (Å²) in [5.41, 5.74) is 0.662. The highest BCUT2D eigenvalue weighted by atomic mass is 32.2. The van der Waals surface area contributed by atoms with E-state index in [9.17, 15) is 0 Å². The van der Waals surface area contributed by atoms with E-state index in [1.54, 1.807) is 12.1 Å². The summed E-state index contributed by atoms with van der Waals surface area (Å²) < 4.78 is 5.43. The van der Waals surface area contributed by atoms with Crippen LogP contribution >= 0.6 is 0 Å². The fourth-order valence-corrected chi connectivity index (χ4v) is 1.27. The molecule has 0 amide bonds. The number of rotatable bonds is 2. The molecule has 0 radical (unpaired) electrons. The van der Waals surface area contributed by atoms with Gasteiger partial charge in [0.15, 0.2) is 16.9 Å². The number of benzene rings is 1. The Balaban J connectivity index is 2.73. The summed E-state index contributed by atoms with van der Waals surface area (Å²) in [6, 6.07) is 9.18. The quantitative estimate of drug-likeness (QED) is 0.649. The molecule has 1 aromatic carbocycles. The smallest absolute Gasteiger partial charge is 0.191 e. The molecule has 0 atom stereocenters. The molecule has 0 aliphatic rings. The summed E-state index contributed by atoms with van der Waals surface area (Å²) in [5.74, 6) is 0.822. The molecule has 3 heteroatoms. The second-order valence-corrected chi connectivity index (χ2v) is 4.11. The van der Waals surface area contributed by atoms with E-state index in [1.807, 2.05) is 24.6 Å². The zero-order valence-electron chi connectivity index (χ0n) is 7.07. The predicted molar refractivity (Wildman–Crippen MR) is 51.0 cm³/mol. The molecular weight excluding hydrogens is 170 g/mol. The Morgan fingerprint density at radius 2 is 1.83 bits per heavy atom. The molecule has 0 saturated carbocycles. The molecular formula is C9H10NOS+. The van der Waals surface area contributed by atoms with Crippen LogP contribution in [-0.4, -0.2) is 12.5 Å². The van der Waals surface area contributed by atoms with Gasteiger partial charge >= 0.3 is 0 Å². The molecule has 0 aromatic heterocycles. The van der Waals surface area contributed by atoms with Crippen LogP contribution in [0, 0.1) is 11.3 Å². The SMILES string of the molecule is C[S+](C)Oc1ccc(C#N)cc1. The molecule has 1 rings (SSSR count). The van der Waals surface area contributed by atoms with Crippen molar-refractivity contribution in [3.63, 3.8) is 0 Å². The zero-order valence-corrected chi connectivity index (χ0v) is 7.89. The third-order valence-corrected chi connectivity index (χ3v) is 1.77. The molecule has 0 aliphatic carbocycles. The lowest BCUT2D eigenvalue weighted by atomic mass is 10.2. The van der Waals surface area contributed by atoms with Gasteiger partial charge in [0.1, 0.15) is 12.5 Å². The second-order valence-electron chi connectivity index (χ2n) is 2.46. The van der Waals surface area contributed by atoms with Crippen LogP contribution in [0.5, 0.6) is 5.75 Å². The van der Waals surface area contributed by atoms with E-state index in [2.05, 4.69) is 6.07 Å². The molecule has 0 fully saturated rings. The Morgan fingerprint density at radius 1 is 1.25 bits per heavy atom. The van der Waals surface area contributed by atoms with E-state index in [0.29, 0.717) is 5.56 Å². The highest BCUT2D eigenvalue weighted by molar-refractivity contribution is 7.91. The molecule has 2 nitrogen and oxygen atoms in total. The van der Waals surface area contributed by atoms with Gasteiger partial charge in [0.25, 0.3) is 0 Å². The zero-order chi connectivity index (χ0) is 8.97. The van der Waals surface area contributed by atoms with Crippen molar-refractivity contribution in [3.05, 3.63) is 29.8 Å². The van der Waals surface area contributed by atoms with Gasteiger partial charge in [-0.3, -0.25) is 4.18 Å². The second kappa shape index (κ2) is 4.03. The lowest BCUT2D eigenvalue weighted by Crippen LogP contribution is -2.03. The highest BCUT2D eigenvalue weighted by Gasteiger charge is 2.04. The number of hydrogen-bond donors (Lipinski definition) is 0. The third-order valence-electron chi connectivity index (χ3n) is 1.25. The molecule has 0 N–H and O–H groups in total. The Hall–Kier alpha value is -1.14. The molecule has 0 aliphatic heterocycles. The van der Waals surface area contributed by atoms with Crippen LogP contribution in [-0.2, 0) is 11.2 Å². The summed E-state index contributed by atoms with van der Waals surface area (Å²) in [7, 11) is 0. The van der Waals surface area contributed by atoms with Gasteiger partial charge in [-0.15, -0.1) is 0 Å². The van der Waals surface area contributed by atoms with Gasteiger partial charge < -0.3 is 0 Å². The van der Waals surface area contributed by atoms with Gasteiger partial charge in [-0.25, -0.2) is 0 Å². The molecule has 0 unspecified atom stereocenters. The minimum Gasteiger partial charge on any atom is -0.287 e. The molecule has 0 heterocycles. The van der Waals surface area contributed by atoms with Gasteiger partial charge in [-0.05, 0) is 24.3 Å². The summed E-state index contributed by atoms with van der Waals surface area (Å²) in [6.45, 7) is 0. The van der Waals surface area contributed by atoms with Gasteiger partial charge in [0.05, 0.1) is 11.6 Å². The topological polar surface area (TPSA) is 33.0 Å². The van der Waals surface area contributed by atoms with Crippen LogP contribution in [0.1, 0.15) is 5.56 Å². The molecule has 0 bridgehead atoms. The average Bonchev–Trinajstić information content (AvgIpc) is 2.05. The average molecular weight is 180 g/mol. The van der Waals surface area contributed by atoms with E-state index in [-0.39, 0.29) is 11.2 Å². The van der Waals surface area contributed by atoms with Crippen LogP contribution in [0.2, 0.25) is 0 Å². The first-order chi connectivity index (χ1) is 5.72. The van der Waals surface area contributed by atoms with Gasteiger partial charge in [-0.2, -0.15) is 5.26 Å². The first-order valence-electron chi connectivity index (χ1n) is 3.48. The Morgan fingerprint density at radius 3 is 2.25 bits per heavy atom. The van der Waals surface area contributed by atoms with Crippen LogP contribution in [0.4, 0.5) is 0 Å². The minimum atomic E-state index is -0.0580. The lowest BCUT2D eigenvalue weighted by Gasteiger charge is -1.97. The fraction of sp³-hybridized carbons (Fsp3) is 0.222. The van der Waals surface area contributed by atoms with E-state index < -0.39 is 0 Å². The number of nitriles is 1. The minimum absolute atomic E-state index is 0.0580. The van der Waals surface area contributed by atoms with Crippen molar-refractivity contribution in [1.29, 1.82) is 5.26 Å². The van der Waals surface area contributed by atoms with Crippen LogP contribution < -0.4 is 4.18 Å².